The molecule has 0 heterocycles. The molecule has 0 saturated heterocycles. The van der Waals surface area contributed by atoms with E-state index < -0.39 is 5.82 Å². The molecule has 4 aliphatic rings. The van der Waals surface area contributed by atoms with Gasteiger partial charge >= 0.3 is 0 Å². The van der Waals surface area contributed by atoms with E-state index in [4.69, 9.17) is 11.6 Å². The van der Waals surface area contributed by atoms with Gasteiger partial charge in [0.2, 0.25) is 5.91 Å². The van der Waals surface area contributed by atoms with Crippen molar-refractivity contribution in [1.82, 2.24) is 0 Å². The zero-order chi connectivity index (χ0) is 20.7. The van der Waals surface area contributed by atoms with E-state index in [-0.39, 0.29) is 23.0 Å². The molecule has 0 spiro atoms. The Morgan fingerprint density at radius 3 is 2.23 bits per heavy atom. The molecule has 2 aromatic rings. The van der Waals surface area contributed by atoms with E-state index in [0.717, 1.165) is 29.1 Å². The smallest absolute Gasteiger partial charge is 0.243 e. The first-order valence-corrected chi connectivity index (χ1v) is 11.2. The molecule has 0 unspecified atom stereocenters. The topological polar surface area (TPSA) is 53.2 Å². The van der Waals surface area contributed by atoms with Crippen LogP contribution >= 0.6 is 11.6 Å². The fourth-order valence-electron chi connectivity index (χ4n) is 6.26. The third-order valence-electron chi connectivity index (χ3n) is 7.01. The fourth-order valence-corrected chi connectivity index (χ4v) is 6.47. The van der Waals surface area contributed by atoms with Crippen molar-refractivity contribution in [2.75, 3.05) is 22.5 Å². The summed E-state index contributed by atoms with van der Waals surface area (Å²) in [5.41, 5.74) is 2.60. The van der Waals surface area contributed by atoms with Crippen LogP contribution in [0.1, 0.15) is 38.5 Å². The van der Waals surface area contributed by atoms with Crippen LogP contribution in [0.25, 0.3) is 0 Å². The summed E-state index contributed by atoms with van der Waals surface area (Å²) in [6.07, 6.45) is 8.01. The van der Waals surface area contributed by atoms with Crippen LogP contribution in [0.2, 0.25) is 5.02 Å². The van der Waals surface area contributed by atoms with Crippen LogP contribution in [-0.4, -0.2) is 18.0 Å². The molecule has 4 bridgehead atoms. The lowest BCUT2D eigenvalue weighted by molar-refractivity contribution is -0.114. The Hall–Kier alpha value is -2.27. The number of nitrogens with one attached hydrogen (secondary N) is 3. The molecule has 4 fully saturated rings. The third kappa shape index (κ3) is 4.00. The third-order valence-corrected chi connectivity index (χ3v) is 7.32. The molecule has 0 aromatic heterocycles. The summed E-state index contributed by atoms with van der Waals surface area (Å²) >= 11 is 6.00. The number of rotatable bonds is 6. The molecule has 4 nitrogen and oxygen atoms in total. The largest absolute Gasteiger partial charge is 0.378 e. The van der Waals surface area contributed by atoms with Gasteiger partial charge in [-0.3, -0.25) is 4.79 Å². The minimum Gasteiger partial charge on any atom is -0.378 e. The van der Waals surface area contributed by atoms with Gasteiger partial charge < -0.3 is 16.0 Å². The van der Waals surface area contributed by atoms with Crippen molar-refractivity contribution in [1.29, 1.82) is 0 Å². The standard InChI is InChI=1S/C24H27ClFN3O/c25-19-10-18(26)5-6-20(19)28-23(30)14-27-21-3-1-2-4-22(21)29-24-11-15-7-16(12-24)9-17(8-15)13-24/h1-6,10,15-17,27,29H,7-9,11-14H2,(H,28,30). The maximum absolute atomic E-state index is 13.2. The lowest BCUT2D eigenvalue weighted by atomic mass is 9.53. The number of hydrogen-bond acceptors (Lipinski definition) is 3. The minimum atomic E-state index is -0.430. The van der Waals surface area contributed by atoms with Crippen LogP contribution in [0.4, 0.5) is 21.5 Å². The summed E-state index contributed by atoms with van der Waals surface area (Å²) in [5.74, 6) is 1.95. The second kappa shape index (κ2) is 7.77. The normalized spacial score (nSPS) is 28.9. The van der Waals surface area contributed by atoms with E-state index in [1.54, 1.807) is 0 Å². The Morgan fingerprint density at radius 2 is 1.60 bits per heavy atom. The first kappa shape index (κ1) is 19.7. The quantitative estimate of drug-likeness (QED) is 0.537. The highest BCUT2D eigenvalue weighted by Crippen LogP contribution is 2.56. The second-order valence-corrected chi connectivity index (χ2v) is 9.80. The summed E-state index contributed by atoms with van der Waals surface area (Å²) in [4.78, 5) is 12.4. The molecule has 3 N–H and O–H groups in total. The maximum atomic E-state index is 13.2. The predicted octanol–water partition coefficient (Wildman–Crippen LogP) is 5.91. The van der Waals surface area contributed by atoms with Crippen LogP contribution in [0, 0.1) is 23.6 Å². The fraction of sp³-hybridized carbons (Fsp3) is 0.458. The van der Waals surface area contributed by atoms with Gasteiger partial charge in [0.05, 0.1) is 28.6 Å². The molecular formula is C24H27ClFN3O. The summed E-state index contributed by atoms with van der Waals surface area (Å²) in [6.45, 7) is 0.104. The van der Waals surface area contributed by atoms with Crippen molar-refractivity contribution in [3.63, 3.8) is 0 Å². The minimum absolute atomic E-state index is 0.104. The van der Waals surface area contributed by atoms with Crippen molar-refractivity contribution in [3.05, 3.63) is 53.3 Å². The number of benzene rings is 2. The Morgan fingerprint density at radius 1 is 0.967 bits per heavy atom. The number of halogens is 2. The summed E-state index contributed by atoms with van der Waals surface area (Å²) in [6, 6.07) is 12.0. The molecule has 1 amide bonds. The van der Waals surface area contributed by atoms with Gasteiger partial charge in [0, 0.05) is 5.54 Å². The number of hydrogen-bond donors (Lipinski definition) is 3. The average molecular weight is 428 g/mol. The van der Waals surface area contributed by atoms with Crippen LogP contribution in [0.15, 0.2) is 42.5 Å². The van der Waals surface area contributed by atoms with Crippen molar-refractivity contribution in [2.24, 2.45) is 17.8 Å². The SMILES string of the molecule is O=C(CNc1ccccc1NC12CC3CC(CC(C3)C1)C2)Nc1ccc(F)cc1Cl. The monoisotopic (exact) mass is 427 g/mol. The van der Waals surface area contributed by atoms with E-state index in [2.05, 4.69) is 22.0 Å². The van der Waals surface area contributed by atoms with Crippen molar-refractivity contribution in [2.45, 2.75) is 44.1 Å². The van der Waals surface area contributed by atoms with Crippen LogP contribution in [0.3, 0.4) is 0 Å². The summed E-state index contributed by atoms with van der Waals surface area (Å²) < 4.78 is 13.2. The van der Waals surface area contributed by atoms with Gasteiger partial charge in [-0.05, 0) is 86.6 Å². The Kier molecular flexibility index (Phi) is 5.10. The Bertz CT molecular complexity index is 928. The average Bonchev–Trinajstić information content (AvgIpc) is 2.68. The first-order chi connectivity index (χ1) is 14.5. The highest BCUT2D eigenvalue weighted by atomic mass is 35.5. The van der Waals surface area contributed by atoms with E-state index in [1.807, 2.05) is 18.2 Å². The van der Waals surface area contributed by atoms with E-state index in [0.29, 0.717) is 5.69 Å². The molecule has 30 heavy (non-hydrogen) atoms. The zero-order valence-corrected chi connectivity index (χ0v) is 17.6. The van der Waals surface area contributed by atoms with Crippen LogP contribution in [0.5, 0.6) is 0 Å². The van der Waals surface area contributed by atoms with Gasteiger partial charge in [0.15, 0.2) is 0 Å². The zero-order valence-electron chi connectivity index (χ0n) is 16.9. The Balaban J connectivity index is 1.25. The molecular weight excluding hydrogens is 401 g/mol. The van der Waals surface area contributed by atoms with Gasteiger partial charge in [0.1, 0.15) is 5.82 Å². The second-order valence-electron chi connectivity index (χ2n) is 9.39. The summed E-state index contributed by atoms with van der Waals surface area (Å²) in [5, 5.41) is 10.1. The molecule has 4 saturated carbocycles. The summed E-state index contributed by atoms with van der Waals surface area (Å²) in [7, 11) is 0. The lowest BCUT2D eigenvalue weighted by Gasteiger charge is -2.57. The highest BCUT2D eigenvalue weighted by molar-refractivity contribution is 6.33. The molecule has 6 heteroatoms. The molecule has 6 rings (SSSR count). The molecule has 2 aromatic carbocycles. The lowest BCUT2D eigenvalue weighted by Crippen LogP contribution is -2.54. The van der Waals surface area contributed by atoms with Crippen molar-refractivity contribution < 1.29 is 9.18 Å². The van der Waals surface area contributed by atoms with E-state index in [1.165, 1.54) is 56.7 Å². The number of anilines is 3. The van der Waals surface area contributed by atoms with Crippen molar-refractivity contribution >= 4 is 34.6 Å². The Labute approximate surface area is 181 Å². The highest BCUT2D eigenvalue weighted by Gasteiger charge is 2.51. The molecule has 0 atom stereocenters. The molecule has 4 aliphatic carbocycles. The van der Waals surface area contributed by atoms with Crippen molar-refractivity contribution in [3.8, 4) is 0 Å². The van der Waals surface area contributed by atoms with Crippen LogP contribution < -0.4 is 16.0 Å². The first-order valence-electron chi connectivity index (χ1n) is 10.8. The van der Waals surface area contributed by atoms with Gasteiger partial charge in [-0.1, -0.05) is 23.7 Å². The number of amides is 1. The van der Waals surface area contributed by atoms with E-state index >= 15 is 0 Å². The number of carbonyl (C=O) groups excluding carboxylic acids is 1. The van der Waals surface area contributed by atoms with E-state index in [9.17, 15) is 9.18 Å². The van der Waals surface area contributed by atoms with Gasteiger partial charge in [-0.15, -0.1) is 0 Å². The maximum Gasteiger partial charge on any atom is 0.243 e. The molecule has 0 radical (unpaired) electrons. The molecule has 0 aliphatic heterocycles. The van der Waals surface area contributed by atoms with Gasteiger partial charge in [-0.25, -0.2) is 4.39 Å². The van der Waals surface area contributed by atoms with Crippen LogP contribution in [-0.2, 0) is 4.79 Å². The number of carbonyl (C=O) groups is 1. The number of para-hydroxylation sites is 2. The van der Waals surface area contributed by atoms with Gasteiger partial charge in [0.25, 0.3) is 0 Å². The van der Waals surface area contributed by atoms with Gasteiger partial charge in [-0.2, -0.15) is 0 Å². The predicted molar refractivity (Wildman–Crippen MR) is 119 cm³/mol. The molecule has 158 valence electrons.